The molecule has 0 aliphatic carbocycles. The summed E-state index contributed by atoms with van der Waals surface area (Å²) < 4.78 is 0. The predicted molar refractivity (Wildman–Crippen MR) is 50.7 cm³/mol. The van der Waals surface area contributed by atoms with Crippen molar-refractivity contribution in [1.82, 2.24) is 5.32 Å². The number of phenolic OH excluding ortho intramolecular Hbond substituents is 1. The summed E-state index contributed by atoms with van der Waals surface area (Å²) >= 11 is 0. The number of carbonyl (C=O) groups excluding carboxylic acids is 1. The number of amides is 2. The van der Waals surface area contributed by atoms with Crippen molar-refractivity contribution in [1.29, 1.82) is 5.26 Å². The summed E-state index contributed by atoms with van der Waals surface area (Å²) in [6.45, 7) is -0.0700. The van der Waals surface area contributed by atoms with Crippen LogP contribution in [-0.2, 0) is 0 Å². The van der Waals surface area contributed by atoms with E-state index in [0.29, 0.717) is 5.69 Å². The van der Waals surface area contributed by atoms with E-state index in [2.05, 4.69) is 10.6 Å². The van der Waals surface area contributed by atoms with E-state index < -0.39 is 6.03 Å². The Morgan fingerprint density at radius 2 is 2.21 bits per heavy atom. The van der Waals surface area contributed by atoms with Gasteiger partial charge in [0.25, 0.3) is 0 Å². The summed E-state index contributed by atoms with van der Waals surface area (Å²) in [5.41, 5.74) is 0.308. The second kappa shape index (κ2) is 4.72. The Morgan fingerprint density at radius 3 is 2.86 bits per heavy atom. The van der Waals surface area contributed by atoms with Gasteiger partial charge in [-0.05, 0) is 12.1 Å². The average molecular weight is 191 g/mol. The molecule has 0 radical (unpaired) electrons. The topological polar surface area (TPSA) is 85.2 Å². The molecule has 5 heteroatoms. The quantitative estimate of drug-likeness (QED) is 0.482. The number of nitrogens with zero attached hydrogens (tertiary/aromatic N) is 1. The zero-order valence-electron chi connectivity index (χ0n) is 7.32. The van der Waals surface area contributed by atoms with E-state index in [1.165, 1.54) is 6.07 Å². The van der Waals surface area contributed by atoms with Crippen LogP contribution in [0.25, 0.3) is 0 Å². The number of urea groups is 1. The van der Waals surface area contributed by atoms with Gasteiger partial charge in [-0.2, -0.15) is 5.26 Å². The lowest BCUT2D eigenvalue weighted by Crippen LogP contribution is -2.28. The molecule has 72 valence electrons. The lowest BCUT2D eigenvalue weighted by molar-refractivity contribution is 0.253. The molecular weight excluding hydrogens is 182 g/mol. The maximum absolute atomic E-state index is 11.0. The third-order valence-electron chi connectivity index (χ3n) is 1.48. The van der Waals surface area contributed by atoms with Gasteiger partial charge < -0.3 is 15.7 Å². The van der Waals surface area contributed by atoms with E-state index in [4.69, 9.17) is 5.26 Å². The molecule has 0 unspecified atom stereocenters. The summed E-state index contributed by atoms with van der Waals surface area (Å²) in [6.07, 6.45) is 0. The molecule has 0 saturated carbocycles. The molecule has 0 atom stereocenters. The number of hydrogen-bond acceptors (Lipinski definition) is 3. The van der Waals surface area contributed by atoms with Crippen LogP contribution in [0.15, 0.2) is 24.3 Å². The lowest BCUT2D eigenvalue weighted by atomic mass is 10.3. The second-order valence-electron chi connectivity index (χ2n) is 2.48. The summed E-state index contributed by atoms with van der Waals surface area (Å²) in [5.74, 6) is -0.0143. The molecule has 14 heavy (non-hydrogen) atoms. The minimum atomic E-state index is -0.520. The highest BCUT2D eigenvalue weighted by atomic mass is 16.3. The van der Waals surface area contributed by atoms with Crippen molar-refractivity contribution in [3.05, 3.63) is 24.3 Å². The number of anilines is 1. The molecule has 0 aromatic heterocycles. The Labute approximate surface area is 81.0 Å². The summed E-state index contributed by atoms with van der Waals surface area (Å²) in [7, 11) is 0. The summed E-state index contributed by atoms with van der Waals surface area (Å²) in [5, 5.41) is 22.2. The van der Waals surface area contributed by atoms with Gasteiger partial charge >= 0.3 is 6.03 Å². The molecule has 2 amide bonds. The fourth-order valence-electron chi connectivity index (χ4n) is 0.866. The van der Waals surface area contributed by atoms with E-state index >= 15 is 0 Å². The van der Waals surface area contributed by atoms with Crippen LogP contribution in [0, 0.1) is 11.3 Å². The SMILES string of the molecule is N#CCNC(=O)Nc1ccccc1O. The highest BCUT2D eigenvalue weighted by Crippen LogP contribution is 2.20. The average Bonchev–Trinajstić information content (AvgIpc) is 2.18. The molecule has 1 aromatic carbocycles. The van der Waals surface area contributed by atoms with E-state index in [1.54, 1.807) is 24.3 Å². The van der Waals surface area contributed by atoms with Gasteiger partial charge in [0.1, 0.15) is 12.3 Å². The van der Waals surface area contributed by atoms with Crippen LogP contribution in [0.3, 0.4) is 0 Å². The van der Waals surface area contributed by atoms with Crippen LogP contribution < -0.4 is 10.6 Å². The number of rotatable bonds is 2. The minimum absolute atomic E-state index is 0.0143. The minimum Gasteiger partial charge on any atom is -0.506 e. The van der Waals surface area contributed by atoms with Gasteiger partial charge in [-0.1, -0.05) is 12.1 Å². The van der Waals surface area contributed by atoms with Crippen LogP contribution in [0.2, 0.25) is 0 Å². The van der Waals surface area contributed by atoms with Crippen LogP contribution in [0.5, 0.6) is 5.75 Å². The first-order valence-corrected chi connectivity index (χ1v) is 3.94. The zero-order valence-corrected chi connectivity index (χ0v) is 7.32. The maximum Gasteiger partial charge on any atom is 0.320 e. The molecule has 5 nitrogen and oxygen atoms in total. The van der Waals surface area contributed by atoms with Gasteiger partial charge in [0.15, 0.2) is 0 Å². The third-order valence-corrected chi connectivity index (χ3v) is 1.48. The van der Waals surface area contributed by atoms with Crippen molar-refractivity contribution in [3.63, 3.8) is 0 Å². The number of aromatic hydroxyl groups is 1. The normalized spacial score (nSPS) is 8.79. The molecular formula is C9H9N3O2. The molecule has 1 rings (SSSR count). The Kier molecular flexibility index (Phi) is 3.33. The van der Waals surface area contributed by atoms with Crippen LogP contribution >= 0.6 is 0 Å². The molecule has 0 bridgehead atoms. The molecule has 0 heterocycles. The van der Waals surface area contributed by atoms with Crippen LogP contribution in [0.4, 0.5) is 10.5 Å². The van der Waals surface area contributed by atoms with Gasteiger partial charge in [-0.3, -0.25) is 0 Å². The third kappa shape index (κ3) is 2.68. The van der Waals surface area contributed by atoms with E-state index in [0.717, 1.165) is 0 Å². The molecule has 0 aliphatic heterocycles. The number of para-hydroxylation sites is 2. The molecule has 0 aliphatic rings. The number of carbonyl (C=O) groups is 1. The number of nitrogens with one attached hydrogen (secondary N) is 2. The van der Waals surface area contributed by atoms with Gasteiger partial charge in [0.05, 0.1) is 11.8 Å². The Morgan fingerprint density at radius 1 is 1.50 bits per heavy atom. The van der Waals surface area contributed by atoms with Crippen molar-refractivity contribution in [2.24, 2.45) is 0 Å². The van der Waals surface area contributed by atoms with E-state index in [1.807, 2.05) is 0 Å². The Hall–Kier alpha value is -2.22. The maximum atomic E-state index is 11.0. The Bertz CT molecular complexity index is 371. The predicted octanol–water partition coefficient (Wildman–Crippen LogP) is 1.04. The zero-order chi connectivity index (χ0) is 10.4. The number of hydrogen-bond donors (Lipinski definition) is 3. The first-order chi connectivity index (χ1) is 6.74. The largest absolute Gasteiger partial charge is 0.506 e. The highest BCUT2D eigenvalue weighted by Gasteiger charge is 2.03. The standard InChI is InChI=1S/C9H9N3O2/c10-5-6-11-9(14)12-7-3-1-2-4-8(7)13/h1-4,13H,6H2,(H2,11,12,14). The van der Waals surface area contributed by atoms with Crippen molar-refractivity contribution in [2.45, 2.75) is 0 Å². The number of nitriles is 1. The molecule has 0 saturated heterocycles. The van der Waals surface area contributed by atoms with Gasteiger partial charge in [-0.15, -0.1) is 0 Å². The smallest absolute Gasteiger partial charge is 0.320 e. The fourth-order valence-corrected chi connectivity index (χ4v) is 0.866. The van der Waals surface area contributed by atoms with E-state index in [-0.39, 0.29) is 12.3 Å². The molecule has 1 aromatic rings. The monoisotopic (exact) mass is 191 g/mol. The molecule has 0 fully saturated rings. The first kappa shape index (κ1) is 9.86. The summed E-state index contributed by atoms with van der Waals surface area (Å²) in [4.78, 5) is 11.0. The summed E-state index contributed by atoms with van der Waals surface area (Å²) in [6, 6.07) is 7.59. The van der Waals surface area contributed by atoms with E-state index in [9.17, 15) is 9.90 Å². The van der Waals surface area contributed by atoms with Gasteiger partial charge in [0.2, 0.25) is 0 Å². The van der Waals surface area contributed by atoms with Crippen molar-refractivity contribution < 1.29 is 9.90 Å². The van der Waals surface area contributed by atoms with Gasteiger partial charge in [-0.25, -0.2) is 4.79 Å². The Balaban J connectivity index is 2.57. The highest BCUT2D eigenvalue weighted by molar-refractivity contribution is 5.90. The van der Waals surface area contributed by atoms with Crippen molar-refractivity contribution in [3.8, 4) is 11.8 Å². The second-order valence-corrected chi connectivity index (χ2v) is 2.48. The molecule has 0 spiro atoms. The fraction of sp³-hybridized carbons (Fsp3) is 0.111. The van der Waals surface area contributed by atoms with Crippen LogP contribution in [-0.4, -0.2) is 17.7 Å². The number of phenols is 1. The lowest BCUT2D eigenvalue weighted by Gasteiger charge is -2.06. The van der Waals surface area contributed by atoms with Crippen molar-refractivity contribution >= 4 is 11.7 Å². The van der Waals surface area contributed by atoms with Crippen molar-refractivity contribution in [2.75, 3.05) is 11.9 Å². The first-order valence-electron chi connectivity index (χ1n) is 3.94. The van der Waals surface area contributed by atoms with Gasteiger partial charge in [0, 0.05) is 0 Å². The number of benzene rings is 1. The van der Waals surface area contributed by atoms with Crippen LogP contribution in [0.1, 0.15) is 0 Å². The molecule has 3 N–H and O–H groups in total.